The number of carbonyl (C=O) groups excluding carboxylic acids is 1. The summed E-state index contributed by atoms with van der Waals surface area (Å²) in [5.74, 6) is -0.761. The largest absolute Gasteiger partial charge is 0.443 e. The van der Waals surface area contributed by atoms with Crippen LogP contribution in [0, 0.1) is 5.82 Å². The van der Waals surface area contributed by atoms with Crippen molar-refractivity contribution >= 4 is 40.0 Å². The molecule has 0 bridgehead atoms. The lowest BCUT2D eigenvalue weighted by atomic mass is 10.2. The van der Waals surface area contributed by atoms with Crippen molar-refractivity contribution in [3.63, 3.8) is 0 Å². The van der Waals surface area contributed by atoms with Crippen LogP contribution in [0.25, 0.3) is 10.9 Å². The smallest absolute Gasteiger partial charge is 0.427 e. The van der Waals surface area contributed by atoms with Gasteiger partial charge in [-0.2, -0.15) is 4.68 Å². The first-order valence-corrected chi connectivity index (χ1v) is 10.5. The average molecular weight is 468 g/mol. The minimum atomic E-state index is -0.991. The lowest BCUT2D eigenvalue weighted by Crippen LogP contribution is -2.48. The summed E-state index contributed by atoms with van der Waals surface area (Å²) in [6, 6.07) is 0.777. The van der Waals surface area contributed by atoms with Crippen molar-refractivity contribution in [2.45, 2.75) is 51.7 Å². The highest BCUT2D eigenvalue weighted by Crippen LogP contribution is 2.41. The number of hydrogen-bond donors (Lipinski definition) is 2. The zero-order valence-electron chi connectivity index (χ0n) is 17.8. The van der Waals surface area contributed by atoms with Crippen LogP contribution >= 0.6 is 11.6 Å². The summed E-state index contributed by atoms with van der Waals surface area (Å²) < 4.78 is 22.1. The van der Waals surface area contributed by atoms with Crippen LogP contribution in [-0.4, -0.2) is 44.9 Å². The molecule has 172 valence electrons. The van der Waals surface area contributed by atoms with Gasteiger partial charge in [0.15, 0.2) is 0 Å². The number of benzene rings is 1. The first-order valence-electron chi connectivity index (χ1n) is 10.2. The Morgan fingerprint density at radius 1 is 1.34 bits per heavy atom. The molecule has 1 aliphatic carbocycles. The lowest BCUT2D eigenvalue weighted by Gasteiger charge is -2.23. The normalized spacial score (nSPS) is 17.9. The maximum absolute atomic E-state index is 15.1. The standard InChI is InChI=1S/C20H23ClFN5O5/c1-20(2,3)32-18(29)23-27-17(28)12-8-13(22)16(25-7-6-10(9-25)24-31)14(21)15(12)26(19(27)30)11-4-5-11/h8,11,31H,4-7,9H2,1-3H3,(H,23,29). The molecule has 1 aromatic heterocycles. The number of aromatic nitrogens is 2. The summed E-state index contributed by atoms with van der Waals surface area (Å²) in [6.45, 7) is 5.45. The van der Waals surface area contributed by atoms with Gasteiger partial charge in [0.1, 0.15) is 11.4 Å². The molecule has 0 unspecified atom stereocenters. The van der Waals surface area contributed by atoms with Crippen LogP contribution in [0.5, 0.6) is 0 Å². The summed E-state index contributed by atoms with van der Waals surface area (Å²) in [7, 11) is 0. The third-order valence-corrected chi connectivity index (χ3v) is 5.61. The van der Waals surface area contributed by atoms with Gasteiger partial charge in [-0.1, -0.05) is 16.8 Å². The number of oxime groups is 1. The van der Waals surface area contributed by atoms with E-state index in [4.69, 9.17) is 21.5 Å². The molecule has 2 aliphatic rings. The molecular formula is C20H23ClFN5O5. The number of rotatable bonds is 3. The number of carbonyl (C=O) groups is 1. The van der Waals surface area contributed by atoms with Gasteiger partial charge >= 0.3 is 11.8 Å². The lowest BCUT2D eigenvalue weighted by molar-refractivity contribution is 0.0610. The van der Waals surface area contributed by atoms with Crippen LogP contribution in [0.15, 0.2) is 20.8 Å². The zero-order valence-corrected chi connectivity index (χ0v) is 18.6. The molecule has 2 aromatic rings. The maximum atomic E-state index is 15.1. The van der Waals surface area contributed by atoms with Crippen LogP contribution < -0.4 is 21.6 Å². The van der Waals surface area contributed by atoms with E-state index in [0.29, 0.717) is 36.2 Å². The summed E-state index contributed by atoms with van der Waals surface area (Å²) in [6.07, 6.45) is 0.789. The summed E-state index contributed by atoms with van der Waals surface area (Å²) in [5.41, 5.74) is 0.207. The maximum Gasteiger partial charge on any atom is 0.427 e. The highest BCUT2D eigenvalue weighted by Gasteiger charge is 2.33. The molecule has 2 fully saturated rings. The highest BCUT2D eigenvalue weighted by molar-refractivity contribution is 6.38. The number of amides is 1. The molecule has 1 aliphatic heterocycles. The van der Waals surface area contributed by atoms with Gasteiger partial charge in [-0.05, 0) is 39.7 Å². The minimum absolute atomic E-state index is 0.0314. The van der Waals surface area contributed by atoms with E-state index < -0.39 is 28.8 Å². The van der Waals surface area contributed by atoms with E-state index >= 15 is 4.39 Å². The fourth-order valence-corrected chi connectivity index (χ4v) is 4.18. The van der Waals surface area contributed by atoms with E-state index in [0.717, 1.165) is 6.07 Å². The van der Waals surface area contributed by atoms with Crippen LogP contribution in [0.4, 0.5) is 14.9 Å². The molecule has 32 heavy (non-hydrogen) atoms. The predicted octanol–water partition coefficient (Wildman–Crippen LogP) is 2.81. The summed E-state index contributed by atoms with van der Waals surface area (Å²) in [4.78, 5) is 40.1. The molecule has 10 nitrogen and oxygen atoms in total. The first-order chi connectivity index (χ1) is 15.0. The Bertz CT molecular complexity index is 1260. The average Bonchev–Trinajstić information content (AvgIpc) is 3.42. The Morgan fingerprint density at radius 3 is 2.59 bits per heavy atom. The van der Waals surface area contributed by atoms with Crippen molar-refractivity contribution < 1.29 is 19.1 Å². The van der Waals surface area contributed by atoms with Crippen molar-refractivity contribution in [1.29, 1.82) is 0 Å². The molecule has 0 spiro atoms. The van der Waals surface area contributed by atoms with E-state index in [1.807, 2.05) is 0 Å². The highest BCUT2D eigenvalue weighted by atomic mass is 35.5. The zero-order chi connectivity index (χ0) is 23.4. The number of halogens is 2. The van der Waals surface area contributed by atoms with E-state index in [9.17, 15) is 14.4 Å². The van der Waals surface area contributed by atoms with Gasteiger partial charge in [-0.25, -0.2) is 19.4 Å². The Balaban J connectivity index is 1.90. The predicted molar refractivity (Wildman–Crippen MR) is 117 cm³/mol. The van der Waals surface area contributed by atoms with Crippen molar-refractivity contribution in [1.82, 2.24) is 9.24 Å². The number of hydrogen-bond acceptors (Lipinski definition) is 7. The third-order valence-electron chi connectivity index (χ3n) is 5.26. The van der Waals surface area contributed by atoms with E-state index in [-0.39, 0.29) is 34.2 Å². The number of nitrogens with one attached hydrogen (secondary N) is 1. The van der Waals surface area contributed by atoms with Crippen molar-refractivity contribution in [3.05, 3.63) is 37.7 Å². The van der Waals surface area contributed by atoms with Gasteiger partial charge in [0, 0.05) is 19.0 Å². The monoisotopic (exact) mass is 467 g/mol. The van der Waals surface area contributed by atoms with Crippen LogP contribution in [-0.2, 0) is 4.74 Å². The Kier molecular flexibility index (Phi) is 5.40. The molecule has 0 atom stereocenters. The molecule has 1 amide bonds. The quantitative estimate of drug-likeness (QED) is 0.529. The van der Waals surface area contributed by atoms with Gasteiger partial charge in [0.05, 0.1) is 33.9 Å². The Hall–Kier alpha value is -3.08. The van der Waals surface area contributed by atoms with Crippen molar-refractivity contribution in [2.24, 2.45) is 5.16 Å². The van der Waals surface area contributed by atoms with Crippen molar-refractivity contribution in [2.75, 3.05) is 23.4 Å². The fourth-order valence-electron chi connectivity index (χ4n) is 3.77. The second kappa shape index (κ2) is 7.80. The topological polar surface area (TPSA) is 118 Å². The molecule has 2 heterocycles. The molecule has 1 aromatic carbocycles. The van der Waals surface area contributed by atoms with Gasteiger partial charge < -0.3 is 14.8 Å². The Morgan fingerprint density at radius 2 is 2.03 bits per heavy atom. The van der Waals surface area contributed by atoms with Gasteiger partial charge in [-0.3, -0.25) is 9.36 Å². The van der Waals surface area contributed by atoms with Crippen molar-refractivity contribution in [3.8, 4) is 0 Å². The van der Waals surface area contributed by atoms with E-state index in [1.165, 1.54) is 4.57 Å². The minimum Gasteiger partial charge on any atom is -0.443 e. The fraction of sp³-hybridized carbons (Fsp3) is 0.500. The molecular weight excluding hydrogens is 445 g/mol. The number of nitrogens with zero attached hydrogens (tertiary/aromatic N) is 4. The molecule has 2 N–H and O–H groups in total. The van der Waals surface area contributed by atoms with E-state index in [2.05, 4.69) is 10.6 Å². The van der Waals surface area contributed by atoms with Gasteiger partial charge in [-0.15, -0.1) is 0 Å². The number of fused-ring (bicyclic) bond motifs is 1. The molecule has 12 heteroatoms. The van der Waals surface area contributed by atoms with Crippen LogP contribution in [0.1, 0.15) is 46.1 Å². The summed E-state index contributed by atoms with van der Waals surface area (Å²) in [5, 5.41) is 12.0. The first kappa shape index (κ1) is 22.1. The molecule has 1 saturated heterocycles. The number of anilines is 1. The molecule has 1 saturated carbocycles. The third kappa shape index (κ3) is 3.92. The second-order valence-electron chi connectivity index (χ2n) is 8.89. The van der Waals surface area contributed by atoms with E-state index in [1.54, 1.807) is 25.7 Å². The van der Waals surface area contributed by atoms with Gasteiger partial charge in [0.2, 0.25) is 0 Å². The Labute approximate surface area is 186 Å². The van der Waals surface area contributed by atoms with Crippen LogP contribution in [0.3, 0.4) is 0 Å². The summed E-state index contributed by atoms with van der Waals surface area (Å²) >= 11 is 6.58. The van der Waals surface area contributed by atoms with Gasteiger partial charge in [0.25, 0.3) is 5.56 Å². The molecule has 4 rings (SSSR count). The SMILES string of the molecule is CC(C)(C)OC(=O)Nn1c(=O)c2cc(F)c(N3CCC(=NO)C3)c(Cl)c2n(C2CC2)c1=O. The van der Waals surface area contributed by atoms with Crippen LogP contribution in [0.2, 0.25) is 5.02 Å². The number of ether oxygens (including phenoxy) is 1. The molecule has 0 radical (unpaired) electrons. The second-order valence-corrected chi connectivity index (χ2v) is 9.27.